The van der Waals surface area contributed by atoms with Gasteiger partial charge in [-0.1, -0.05) is 25.0 Å². The van der Waals surface area contributed by atoms with Crippen molar-refractivity contribution in [3.8, 4) is 0 Å². The number of imide groups is 2. The number of fused-ring (bicyclic) bond motifs is 1. The first-order valence-electron chi connectivity index (χ1n) is 9.08. The molecule has 2 aliphatic rings. The molecule has 1 saturated heterocycles. The van der Waals surface area contributed by atoms with Gasteiger partial charge in [0.15, 0.2) is 0 Å². The third-order valence-corrected chi connectivity index (χ3v) is 4.95. The molecule has 3 rings (SSSR count). The fourth-order valence-corrected chi connectivity index (χ4v) is 3.61. The standard InChI is InChI=1S/C19H23N3O4.ClH/c20-11-4-2-1-3-6-12-7-5-8-13-16(12)19(26)22(18(13)25)14-9-10-15(23)21-17(14)24;/h5,7-8,14H,1-4,6,9-11,20H2,(H,21,23,24);1H. The smallest absolute Gasteiger partial charge is 0.262 e. The van der Waals surface area contributed by atoms with Crippen molar-refractivity contribution in [2.75, 3.05) is 6.54 Å². The number of carbonyl (C=O) groups is 4. The summed E-state index contributed by atoms with van der Waals surface area (Å²) >= 11 is 0. The zero-order chi connectivity index (χ0) is 18.7. The molecular weight excluding hydrogens is 370 g/mol. The number of halogens is 1. The van der Waals surface area contributed by atoms with E-state index in [2.05, 4.69) is 5.32 Å². The maximum atomic E-state index is 12.9. The highest BCUT2D eigenvalue weighted by atomic mass is 35.5. The number of piperidine rings is 1. The van der Waals surface area contributed by atoms with Gasteiger partial charge in [0, 0.05) is 6.42 Å². The molecule has 0 aliphatic carbocycles. The fourth-order valence-electron chi connectivity index (χ4n) is 3.61. The van der Waals surface area contributed by atoms with Crippen LogP contribution in [0, 0.1) is 0 Å². The minimum Gasteiger partial charge on any atom is -0.330 e. The number of hydrogen-bond acceptors (Lipinski definition) is 5. The number of hydrogen-bond donors (Lipinski definition) is 2. The van der Waals surface area contributed by atoms with Gasteiger partial charge in [-0.2, -0.15) is 0 Å². The van der Waals surface area contributed by atoms with E-state index in [0.717, 1.165) is 36.1 Å². The summed E-state index contributed by atoms with van der Waals surface area (Å²) in [5, 5.41) is 2.21. The normalized spacial score (nSPS) is 19.0. The monoisotopic (exact) mass is 393 g/mol. The maximum absolute atomic E-state index is 12.9. The second-order valence-electron chi connectivity index (χ2n) is 6.74. The van der Waals surface area contributed by atoms with Crippen LogP contribution in [0.2, 0.25) is 0 Å². The van der Waals surface area contributed by atoms with E-state index in [9.17, 15) is 19.2 Å². The zero-order valence-corrected chi connectivity index (χ0v) is 15.8. The van der Waals surface area contributed by atoms with Gasteiger partial charge in [-0.05, 0) is 43.9 Å². The molecule has 8 heteroatoms. The van der Waals surface area contributed by atoms with Crippen molar-refractivity contribution < 1.29 is 19.2 Å². The number of aryl methyl sites for hydroxylation is 1. The highest BCUT2D eigenvalue weighted by molar-refractivity contribution is 6.24. The molecule has 0 spiro atoms. The summed E-state index contributed by atoms with van der Waals surface area (Å²) in [7, 11) is 0. The van der Waals surface area contributed by atoms with Gasteiger partial charge in [-0.25, -0.2) is 0 Å². The second kappa shape index (κ2) is 9.10. The van der Waals surface area contributed by atoms with E-state index in [1.54, 1.807) is 12.1 Å². The van der Waals surface area contributed by atoms with Gasteiger partial charge >= 0.3 is 0 Å². The molecule has 0 radical (unpaired) electrons. The molecule has 7 nitrogen and oxygen atoms in total. The summed E-state index contributed by atoms with van der Waals surface area (Å²) in [5.74, 6) is -1.85. The molecule has 1 aromatic carbocycles. The lowest BCUT2D eigenvalue weighted by Gasteiger charge is -2.27. The molecule has 146 valence electrons. The molecule has 2 heterocycles. The largest absolute Gasteiger partial charge is 0.330 e. The number of unbranched alkanes of at least 4 members (excludes halogenated alkanes) is 3. The quantitative estimate of drug-likeness (QED) is 0.539. The summed E-state index contributed by atoms with van der Waals surface area (Å²) in [5.41, 5.74) is 7.08. The summed E-state index contributed by atoms with van der Waals surface area (Å²) in [6, 6.07) is 4.34. The summed E-state index contributed by atoms with van der Waals surface area (Å²) in [4.78, 5) is 50.1. The van der Waals surface area contributed by atoms with Crippen molar-refractivity contribution >= 4 is 36.0 Å². The van der Waals surface area contributed by atoms with E-state index in [0.29, 0.717) is 24.1 Å². The van der Waals surface area contributed by atoms with E-state index in [1.165, 1.54) is 0 Å². The van der Waals surface area contributed by atoms with Crippen LogP contribution in [0.25, 0.3) is 0 Å². The third kappa shape index (κ3) is 4.20. The highest BCUT2D eigenvalue weighted by Crippen LogP contribution is 2.30. The average molecular weight is 394 g/mol. The molecule has 2 aliphatic heterocycles. The molecule has 1 atom stereocenters. The van der Waals surface area contributed by atoms with Crippen LogP contribution in [0.3, 0.4) is 0 Å². The Balaban J connectivity index is 0.00000261. The maximum Gasteiger partial charge on any atom is 0.262 e. The van der Waals surface area contributed by atoms with Crippen molar-refractivity contribution in [1.82, 2.24) is 10.2 Å². The van der Waals surface area contributed by atoms with Crippen molar-refractivity contribution in [3.63, 3.8) is 0 Å². The molecule has 3 N–H and O–H groups in total. The van der Waals surface area contributed by atoms with Crippen LogP contribution in [0.5, 0.6) is 0 Å². The van der Waals surface area contributed by atoms with Crippen LogP contribution in [0.4, 0.5) is 0 Å². The molecule has 4 amide bonds. The third-order valence-electron chi connectivity index (χ3n) is 4.95. The van der Waals surface area contributed by atoms with Crippen molar-refractivity contribution in [2.45, 2.75) is 51.0 Å². The van der Waals surface area contributed by atoms with Crippen LogP contribution in [0.1, 0.15) is 64.8 Å². The van der Waals surface area contributed by atoms with Gasteiger partial charge < -0.3 is 5.73 Å². The number of nitrogens with two attached hydrogens (primary N) is 1. The Morgan fingerprint density at radius 3 is 2.48 bits per heavy atom. The minimum atomic E-state index is -0.919. The van der Waals surface area contributed by atoms with Crippen LogP contribution in [-0.4, -0.2) is 41.1 Å². The SMILES string of the molecule is Cl.NCCCCCCc1cccc2c1C(=O)N(C1CCC(=O)NC1=O)C2=O. The molecule has 27 heavy (non-hydrogen) atoms. The first kappa shape index (κ1) is 21.1. The molecule has 1 aromatic rings. The molecular formula is C19H24ClN3O4. The number of amides is 4. The Labute approximate surface area is 164 Å². The predicted octanol–water partition coefficient (Wildman–Crippen LogP) is 1.57. The van der Waals surface area contributed by atoms with E-state index in [-0.39, 0.29) is 31.2 Å². The number of nitrogens with zero attached hydrogens (tertiary/aromatic N) is 1. The van der Waals surface area contributed by atoms with Crippen molar-refractivity contribution in [2.24, 2.45) is 5.73 Å². The highest BCUT2D eigenvalue weighted by Gasteiger charge is 2.45. The molecule has 0 aromatic heterocycles. The molecule has 1 fully saturated rings. The van der Waals surface area contributed by atoms with Crippen LogP contribution in [-0.2, 0) is 16.0 Å². The van der Waals surface area contributed by atoms with Crippen LogP contribution in [0.15, 0.2) is 18.2 Å². The minimum absolute atomic E-state index is 0. The Morgan fingerprint density at radius 2 is 1.78 bits per heavy atom. The number of carbonyl (C=O) groups excluding carboxylic acids is 4. The average Bonchev–Trinajstić information content (AvgIpc) is 2.87. The predicted molar refractivity (Wildman–Crippen MR) is 102 cm³/mol. The van der Waals surface area contributed by atoms with E-state index in [1.807, 2.05) is 6.07 Å². The fraction of sp³-hybridized carbons (Fsp3) is 0.474. The Kier molecular flexibility index (Phi) is 7.10. The van der Waals surface area contributed by atoms with E-state index in [4.69, 9.17) is 5.73 Å². The van der Waals surface area contributed by atoms with Gasteiger partial charge in [-0.3, -0.25) is 29.4 Å². The Bertz CT molecular complexity index is 765. The summed E-state index contributed by atoms with van der Waals surface area (Å²) in [6.07, 6.45) is 4.95. The summed E-state index contributed by atoms with van der Waals surface area (Å²) in [6.45, 7) is 0.675. The first-order valence-corrected chi connectivity index (χ1v) is 9.08. The van der Waals surface area contributed by atoms with Crippen molar-refractivity contribution in [3.05, 3.63) is 34.9 Å². The lowest BCUT2D eigenvalue weighted by Crippen LogP contribution is -2.54. The van der Waals surface area contributed by atoms with E-state index >= 15 is 0 Å². The lowest BCUT2D eigenvalue weighted by molar-refractivity contribution is -0.136. The van der Waals surface area contributed by atoms with Gasteiger partial charge in [0.05, 0.1) is 11.1 Å². The molecule has 0 saturated carbocycles. The molecule has 1 unspecified atom stereocenters. The Hall–Kier alpha value is -2.25. The first-order chi connectivity index (χ1) is 12.5. The van der Waals surface area contributed by atoms with Gasteiger partial charge in [-0.15, -0.1) is 12.4 Å². The Morgan fingerprint density at radius 1 is 1.04 bits per heavy atom. The zero-order valence-electron chi connectivity index (χ0n) is 15.0. The summed E-state index contributed by atoms with van der Waals surface area (Å²) < 4.78 is 0. The lowest BCUT2D eigenvalue weighted by atomic mass is 9.97. The number of benzene rings is 1. The topological polar surface area (TPSA) is 110 Å². The number of rotatable bonds is 7. The van der Waals surface area contributed by atoms with Crippen molar-refractivity contribution in [1.29, 1.82) is 0 Å². The van der Waals surface area contributed by atoms with Crippen LogP contribution >= 0.6 is 12.4 Å². The van der Waals surface area contributed by atoms with Gasteiger partial charge in [0.1, 0.15) is 6.04 Å². The van der Waals surface area contributed by atoms with Gasteiger partial charge in [0.25, 0.3) is 11.8 Å². The molecule has 0 bridgehead atoms. The number of nitrogens with one attached hydrogen (secondary N) is 1. The second-order valence-corrected chi connectivity index (χ2v) is 6.74. The van der Waals surface area contributed by atoms with Gasteiger partial charge in [0.2, 0.25) is 11.8 Å². The van der Waals surface area contributed by atoms with Crippen LogP contribution < -0.4 is 11.1 Å². The van der Waals surface area contributed by atoms with E-state index < -0.39 is 23.8 Å².